The second-order valence-corrected chi connectivity index (χ2v) is 6.36. The first-order valence-corrected chi connectivity index (χ1v) is 8.59. The Bertz CT molecular complexity index is 396. The maximum Gasteiger partial charge on any atom is 0.110 e. The molecule has 0 spiro atoms. The largest absolute Gasteiger partial charge is 0.298 e. The highest BCUT2D eigenvalue weighted by Crippen LogP contribution is 2.29. The number of aromatic nitrogens is 1. The third kappa shape index (κ3) is 3.48. The van der Waals surface area contributed by atoms with Crippen molar-refractivity contribution in [2.24, 2.45) is 0 Å². The van der Waals surface area contributed by atoms with Crippen molar-refractivity contribution >= 4 is 22.9 Å². The van der Waals surface area contributed by atoms with Crippen LogP contribution in [0.3, 0.4) is 0 Å². The number of likely N-dealkylation sites (N-methyl/N-ethyl adjacent to an activating group) is 1. The Hall–Kier alpha value is -0.160. The maximum atomic E-state index is 5.86. The van der Waals surface area contributed by atoms with Gasteiger partial charge in [0.2, 0.25) is 0 Å². The molecule has 1 aromatic heterocycles. The Morgan fingerprint density at radius 1 is 1.47 bits per heavy atom. The molecule has 0 N–H and O–H groups in total. The second-order valence-electron chi connectivity index (χ2n) is 5.21. The normalized spacial score (nSPS) is 23.7. The highest BCUT2D eigenvalue weighted by atomic mass is 35.5. The van der Waals surface area contributed by atoms with Crippen molar-refractivity contribution < 1.29 is 0 Å². The molecule has 1 aliphatic heterocycles. The van der Waals surface area contributed by atoms with Crippen LogP contribution >= 0.6 is 22.9 Å². The van der Waals surface area contributed by atoms with Gasteiger partial charge >= 0.3 is 0 Å². The number of nitrogens with zero attached hydrogens (tertiary/aromatic N) is 3. The van der Waals surface area contributed by atoms with Gasteiger partial charge in [-0.1, -0.05) is 13.8 Å². The number of piperazine rings is 1. The number of halogens is 1. The molecule has 5 heteroatoms. The predicted octanol–water partition coefficient (Wildman–Crippen LogP) is 3.36. The van der Waals surface area contributed by atoms with Gasteiger partial charge in [-0.3, -0.25) is 9.80 Å². The molecule has 3 nitrogen and oxygen atoms in total. The average Bonchev–Trinajstić information content (AvgIpc) is 2.88. The van der Waals surface area contributed by atoms with Gasteiger partial charge < -0.3 is 0 Å². The Morgan fingerprint density at radius 2 is 2.26 bits per heavy atom. The molecule has 0 saturated carbocycles. The summed E-state index contributed by atoms with van der Waals surface area (Å²) in [5, 5.41) is 3.33. The molecule has 2 rings (SSSR count). The van der Waals surface area contributed by atoms with Crippen molar-refractivity contribution in [3.05, 3.63) is 16.1 Å². The van der Waals surface area contributed by atoms with Gasteiger partial charge in [-0.25, -0.2) is 4.98 Å². The van der Waals surface area contributed by atoms with Gasteiger partial charge in [0.25, 0.3) is 0 Å². The first-order valence-electron chi connectivity index (χ1n) is 7.17. The summed E-state index contributed by atoms with van der Waals surface area (Å²) in [4.78, 5) is 9.81. The second kappa shape index (κ2) is 7.02. The van der Waals surface area contributed by atoms with Crippen LogP contribution in [0.15, 0.2) is 5.38 Å². The van der Waals surface area contributed by atoms with Crippen LogP contribution in [-0.4, -0.2) is 47.0 Å². The zero-order chi connectivity index (χ0) is 13.8. The summed E-state index contributed by atoms with van der Waals surface area (Å²) in [6.07, 6.45) is 1.12. The van der Waals surface area contributed by atoms with Crippen molar-refractivity contribution in [3.8, 4) is 0 Å². The first-order chi connectivity index (χ1) is 9.19. The minimum absolute atomic E-state index is 0.462. The van der Waals surface area contributed by atoms with Crippen molar-refractivity contribution in [1.82, 2.24) is 14.8 Å². The van der Waals surface area contributed by atoms with Gasteiger partial charge in [-0.2, -0.15) is 0 Å². The molecule has 0 aliphatic carbocycles. The quantitative estimate of drug-likeness (QED) is 0.778. The van der Waals surface area contributed by atoms with E-state index in [2.05, 4.69) is 40.9 Å². The zero-order valence-corrected chi connectivity index (χ0v) is 13.7. The predicted molar refractivity (Wildman–Crippen MR) is 83.0 cm³/mol. The fraction of sp³-hybridized carbons (Fsp3) is 0.786. The Morgan fingerprint density at radius 3 is 2.79 bits per heavy atom. The van der Waals surface area contributed by atoms with Crippen LogP contribution in [0.2, 0.25) is 0 Å². The van der Waals surface area contributed by atoms with Gasteiger partial charge in [0.05, 0.1) is 17.6 Å². The van der Waals surface area contributed by atoms with Crippen LogP contribution in [0.1, 0.15) is 43.9 Å². The lowest BCUT2D eigenvalue weighted by atomic mass is 10.1. The standard InChI is InChI=1S/C14H24ClN3S/c1-4-13(14-16-12(8-15)10-19-14)18-7-6-17(5-2)11(3)9-18/h10-11,13H,4-9H2,1-3H3. The van der Waals surface area contributed by atoms with Gasteiger partial charge in [0.1, 0.15) is 5.01 Å². The number of alkyl halides is 1. The lowest BCUT2D eigenvalue weighted by Crippen LogP contribution is -2.52. The van der Waals surface area contributed by atoms with Crippen molar-refractivity contribution in [2.75, 3.05) is 26.2 Å². The molecule has 0 radical (unpaired) electrons. The van der Waals surface area contributed by atoms with E-state index in [0.29, 0.717) is 18.0 Å². The van der Waals surface area contributed by atoms with E-state index in [1.807, 2.05) is 0 Å². The average molecular weight is 302 g/mol. The van der Waals surface area contributed by atoms with E-state index in [4.69, 9.17) is 11.6 Å². The minimum Gasteiger partial charge on any atom is -0.298 e. The first kappa shape index (κ1) is 15.2. The number of hydrogen-bond acceptors (Lipinski definition) is 4. The third-order valence-electron chi connectivity index (χ3n) is 4.02. The molecule has 1 fully saturated rings. The fourth-order valence-corrected chi connectivity index (χ4v) is 4.17. The molecular formula is C14H24ClN3S. The van der Waals surface area contributed by atoms with Crippen LogP contribution in [0, 0.1) is 0 Å². The molecule has 19 heavy (non-hydrogen) atoms. The van der Waals surface area contributed by atoms with Gasteiger partial charge in [-0.15, -0.1) is 22.9 Å². The van der Waals surface area contributed by atoms with E-state index in [0.717, 1.165) is 31.7 Å². The van der Waals surface area contributed by atoms with E-state index in [1.165, 1.54) is 11.6 Å². The monoisotopic (exact) mass is 301 g/mol. The molecule has 0 bridgehead atoms. The van der Waals surface area contributed by atoms with Gasteiger partial charge in [-0.05, 0) is 19.9 Å². The van der Waals surface area contributed by atoms with Gasteiger partial charge in [0.15, 0.2) is 0 Å². The summed E-state index contributed by atoms with van der Waals surface area (Å²) in [5.41, 5.74) is 1.01. The molecule has 108 valence electrons. The summed E-state index contributed by atoms with van der Waals surface area (Å²) in [7, 11) is 0. The molecule has 2 heterocycles. The van der Waals surface area contributed by atoms with E-state index >= 15 is 0 Å². The summed E-state index contributed by atoms with van der Waals surface area (Å²) < 4.78 is 0. The molecule has 1 aliphatic rings. The summed E-state index contributed by atoms with van der Waals surface area (Å²) >= 11 is 7.62. The summed E-state index contributed by atoms with van der Waals surface area (Å²) in [6.45, 7) is 11.4. The molecule has 2 atom stereocenters. The summed E-state index contributed by atoms with van der Waals surface area (Å²) in [5.74, 6) is 0.521. The Labute approximate surface area is 125 Å². The molecule has 2 unspecified atom stereocenters. The highest BCUT2D eigenvalue weighted by molar-refractivity contribution is 7.09. The molecular weight excluding hydrogens is 278 g/mol. The van der Waals surface area contributed by atoms with E-state index in [9.17, 15) is 0 Å². The van der Waals surface area contributed by atoms with Crippen molar-refractivity contribution in [2.45, 2.75) is 45.2 Å². The third-order valence-corrected chi connectivity index (χ3v) is 5.29. The Kier molecular flexibility index (Phi) is 5.63. The molecule has 0 aromatic carbocycles. The minimum atomic E-state index is 0.462. The number of hydrogen-bond donors (Lipinski definition) is 0. The number of rotatable bonds is 5. The fourth-order valence-electron chi connectivity index (χ4n) is 2.90. The lowest BCUT2D eigenvalue weighted by Gasteiger charge is -2.42. The maximum absolute atomic E-state index is 5.86. The van der Waals surface area contributed by atoms with Gasteiger partial charge in [0, 0.05) is 31.1 Å². The van der Waals surface area contributed by atoms with Crippen molar-refractivity contribution in [1.29, 1.82) is 0 Å². The van der Waals surface area contributed by atoms with Crippen LogP contribution in [0.25, 0.3) is 0 Å². The molecule has 1 saturated heterocycles. The van der Waals surface area contributed by atoms with Crippen LogP contribution < -0.4 is 0 Å². The van der Waals surface area contributed by atoms with E-state index in [-0.39, 0.29) is 0 Å². The van der Waals surface area contributed by atoms with Crippen LogP contribution in [0.5, 0.6) is 0 Å². The smallest absolute Gasteiger partial charge is 0.110 e. The van der Waals surface area contributed by atoms with E-state index in [1.54, 1.807) is 11.3 Å². The summed E-state index contributed by atoms with van der Waals surface area (Å²) in [6, 6.07) is 1.10. The molecule has 0 amide bonds. The zero-order valence-electron chi connectivity index (χ0n) is 12.1. The Balaban J connectivity index is 2.06. The van der Waals surface area contributed by atoms with Crippen LogP contribution in [0.4, 0.5) is 0 Å². The molecule has 1 aromatic rings. The number of thiazole rings is 1. The van der Waals surface area contributed by atoms with Crippen molar-refractivity contribution in [3.63, 3.8) is 0 Å². The topological polar surface area (TPSA) is 19.4 Å². The SMILES string of the molecule is CCC(c1nc(CCl)cs1)N1CCN(CC)C(C)C1. The van der Waals surface area contributed by atoms with E-state index < -0.39 is 0 Å². The highest BCUT2D eigenvalue weighted by Gasteiger charge is 2.28. The van der Waals surface area contributed by atoms with Crippen LogP contribution in [-0.2, 0) is 5.88 Å². The lowest BCUT2D eigenvalue weighted by molar-refractivity contribution is 0.0568.